The van der Waals surface area contributed by atoms with E-state index in [1.807, 2.05) is 0 Å². The van der Waals surface area contributed by atoms with Gasteiger partial charge in [0.25, 0.3) is 11.7 Å². The van der Waals surface area contributed by atoms with Crippen LogP contribution in [-0.4, -0.2) is 16.9 Å². The summed E-state index contributed by atoms with van der Waals surface area (Å²) in [5.74, 6) is -0.145. The number of nitrogens with one attached hydrogen (secondary N) is 1. The molecule has 154 valence electrons. The van der Waals surface area contributed by atoms with Gasteiger partial charge in [-0.2, -0.15) is 0 Å². The zero-order valence-corrected chi connectivity index (χ0v) is 16.9. The normalized spacial score (nSPS) is 16.2. The van der Waals surface area contributed by atoms with Gasteiger partial charge in [0.1, 0.15) is 22.8 Å². The van der Waals surface area contributed by atoms with Gasteiger partial charge < -0.3 is 19.3 Å². The fraction of sp³-hybridized carbons (Fsp3) is 0.273. The molecule has 2 aliphatic rings. The molecular weight excluding hydrogens is 411 g/mol. The zero-order chi connectivity index (χ0) is 20.9. The lowest BCUT2D eigenvalue weighted by atomic mass is 10.0. The van der Waals surface area contributed by atoms with Gasteiger partial charge in [-0.25, -0.2) is 4.39 Å². The summed E-state index contributed by atoms with van der Waals surface area (Å²) in [6.07, 6.45) is 3.81. The van der Waals surface area contributed by atoms with Gasteiger partial charge in [0.2, 0.25) is 0 Å². The maximum absolute atomic E-state index is 14.4. The largest absolute Gasteiger partial charge is 0.448 e. The van der Waals surface area contributed by atoms with Gasteiger partial charge in [-0.05, 0) is 44.0 Å². The zero-order valence-electron chi connectivity index (χ0n) is 16.1. The average molecular weight is 429 g/mol. The van der Waals surface area contributed by atoms with Crippen LogP contribution in [0, 0.1) is 12.7 Å². The Bertz CT molecular complexity index is 1130. The van der Waals surface area contributed by atoms with Gasteiger partial charge in [0, 0.05) is 24.6 Å². The highest BCUT2D eigenvalue weighted by Gasteiger charge is 2.44. The van der Waals surface area contributed by atoms with Crippen LogP contribution in [0.3, 0.4) is 0 Å². The fourth-order valence-corrected chi connectivity index (χ4v) is 4.27. The number of ether oxygens (including phenoxy) is 2. The van der Waals surface area contributed by atoms with Gasteiger partial charge in [0.05, 0.1) is 10.6 Å². The first kappa shape index (κ1) is 18.9. The molecule has 3 aromatic rings. The van der Waals surface area contributed by atoms with E-state index in [-0.39, 0.29) is 27.6 Å². The Labute approximate surface area is 176 Å². The predicted molar refractivity (Wildman–Crippen MR) is 108 cm³/mol. The van der Waals surface area contributed by atoms with E-state index >= 15 is 0 Å². The van der Waals surface area contributed by atoms with Crippen LogP contribution in [0.5, 0.6) is 11.5 Å². The number of fused-ring (bicyclic) bond motifs is 1. The smallest absolute Gasteiger partial charge is 0.261 e. The third-order valence-corrected chi connectivity index (χ3v) is 5.76. The minimum absolute atomic E-state index is 0.0232. The summed E-state index contributed by atoms with van der Waals surface area (Å²) in [5, 5.41) is 6.82. The first-order valence-corrected chi connectivity index (χ1v) is 10.1. The summed E-state index contributed by atoms with van der Waals surface area (Å²) in [6.45, 7) is 1.59. The molecule has 1 saturated carbocycles. The Kier molecular flexibility index (Phi) is 4.43. The van der Waals surface area contributed by atoms with Crippen LogP contribution in [0.25, 0.3) is 11.3 Å². The fourth-order valence-electron chi connectivity index (χ4n) is 4.02. The first-order valence-electron chi connectivity index (χ1n) is 9.70. The molecule has 0 radical (unpaired) electrons. The lowest BCUT2D eigenvalue weighted by Gasteiger charge is -2.21. The van der Waals surface area contributed by atoms with Crippen LogP contribution in [0.2, 0.25) is 5.02 Å². The second-order valence-electron chi connectivity index (χ2n) is 7.50. The quantitative estimate of drug-likeness (QED) is 0.576. The third kappa shape index (κ3) is 3.10. The Balaban J connectivity index is 1.43. The SMILES string of the molecule is Cc1onc(-c2c(F)cccc2Cl)c1C(=O)Nc1ccc2c(c1)OC1(CCCC1)O2. The van der Waals surface area contributed by atoms with Crippen molar-refractivity contribution in [3.63, 3.8) is 0 Å². The first-order chi connectivity index (χ1) is 14.5. The molecule has 0 unspecified atom stereocenters. The lowest BCUT2D eigenvalue weighted by molar-refractivity contribution is -0.0716. The molecule has 1 aromatic heterocycles. The molecule has 0 saturated heterocycles. The molecular formula is C22H18ClFN2O4. The van der Waals surface area contributed by atoms with Gasteiger partial charge in [0.15, 0.2) is 11.5 Å². The molecule has 0 atom stereocenters. The Morgan fingerprint density at radius 1 is 1.17 bits per heavy atom. The molecule has 0 bridgehead atoms. The second-order valence-corrected chi connectivity index (χ2v) is 7.90. The van der Waals surface area contributed by atoms with Crippen molar-refractivity contribution < 1.29 is 23.2 Å². The van der Waals surface area contributed by atoms with E-state index in [0.717, 1.165) is 25.7 Å². The summed E-state index contributed by atoms with van der Waals surface area (Å²) in [6, 6.07) is 9.49. The number of nitrogens with zero attached hydrogens (tertiary/aromatic N) is 1. The number of amides is 1. The standard InChI is InChI=1S/C22H18ClFN2O4/c1-12-18(20(26-30-12)19-14(23)5-4-6-15(19)24)21(27)25-13-7-8-16-17(11-13)29-22(28-16)9-2-3-10-22/h4-8,11H,2-3,9-10H2,1H3,(H,25,27). The third-order valence-electron chi connectivity index (χ3n) is 5.45. The van der Waals surface area contributed by atoms with E-state index in [2.05, 4.69) is 10.5 Å². The highest BCUT2D eigenvalue weighted by molar-refractivity contribution is 6.33. The summed E-state index contributed by atoms with van der Waals surface area (Å²) in [5.41, 5.74) is 0.712. The topological polar surface area (TPSA) is 73.6 Å². The van der Waals surface area contributed by atoms with Crippen molar-refractivity contribution in [1.82, 2.24) is 5.16 Å². The number of hydrogen-bond acceptors (Lipinski definition) is 5. The molecule has 1 fully saturated rings. The van der Waals surface area contributed by atoms with Crippen molar-refractivity contribution >= 4 is 23.2 Å². The van der Waals surface area contributed by atoms with Gasteiger partial charge in [-0.1, -0.05) is 22.8 Å². The molecule has 2 heterocycles. The van der Waals surface area contributed by atoms with Crippen LogP contribution < -0.4 is 14.8 Å². The van der Waals surface area contributed by atoms with Gasteiger partial charge in [-0.15, -0.1) is 0 Å². The van der Waals surface area contributed by atoms with Crippen molar-refractivity contribution in [2.75, 3.05) is 5.32 Å². The van der Waals surface area contributed by atoms with Crippen molar-refractivity contribution in [2.24, 2.45) is 0 Å². The van der Waals surface area contributed by atoms with E-state index in [1.165, 1.54) is 18.2 Å². The summed E-state index contributed by atoms with van der Waals surface area (Å²) in [4.78, 5) is 13.0. The number of aryl methyl sites for hydroxylation is 1. The van der Waals surface area contributed by atoms with Gasteiger partial charge in [-0.3, -0.25) is 4.79 Å². The minimum atomic E-state index is -0.588. The number of anilines is 1. The molecule has 1 amide bonds. The summed E-state index contributed by atoms with van der Waals surface area (Å²) >= 11 is 6.15. The number of carbonyl (C=O) groups excluding carboxylic acids is 1. The number of aromatic nitrogens is 1. The molecule has 1 spiro atoms. The molecule has 8 heteroatoms. The number of halogens is 2. The van der Waals surface area contributed by atoms with E-state index in [9.17, 15) is 9.18 Å². The van der Waals surface area contributed by atoms with Crippen LogP contribution >= 0.6 is 11.6 Å². The maximum Gasteiger partial charge on any atom is 0.261 e. The van der Waals surface area contributed by atoms with Crippen LogP contribution in [0.4, 0.5) is 10.1 Å². The van der Waals surface area contributed by atoms with Crippen molar-refractivity contribution in [2.45, 2.75) is 38.4 Å². The van der Waals surface area contributed by atoms with E-state index < -0.39 is 17.5 Å². The molecule has 1 aliphatic carbocycles. The van der Waals surface area contributed by atoms with Gasteiger partial charge >= 0.3 is 0 Å². The lowest BCUT2D eigenvalue weighted by Crippen LogP contribution is -2.34. The Morgan fingerprint density at radius 3 is 2.70 bits per heavy atom. The average Bonchev–Trinajstić information content (AvgIpc) is 3.40. The van der Waals surface area contributed by atoms with E-state index in [0.29, 0.717) is 17.2 Å². The monoisotopic (exact) mass is 428 g/mol. The van der Waals surface area contributed by atoms with Crippen molar-refractivity contribution in [1.29, 1.82) is 0 Å². The molecule has 1 aliphatic heterocycles. The van der Waals surface area contributed by atoms with Crippen molar-refractivity contribution in [3.8, 4) is 22.8 Å². The van der Waals surface area contributed by atoms with E-state index in [1.54, 1.807) is 25.1 Å². The van der Waals surface area contributed by atoms with Crippen LogP contribution in [-0.2, 0) is 0 Å². The molecule has 30 heavy (non-hydrogen) atoms. The molecule has 2 aromatic carbocycles. The number of rotatable bonds is 3. The maximum atomic E-state index is 14.4. The molecule has 1 N–H and O–H groups in total. The van der Waals surface area contributed by atoms with Crippen LogP contribution in [0.15, 0.2) is 40.9 Å². The number of benzene rings is 2. The Morgan fingerprint density at radius 2 is 1.93 bits per heavy atom. The van der Waals surface area contributed by atoms with Crippen molar-refractivity contribution in [3.05, 3.63) is 58.6 Å². The highest BCUT2D eigenvalue weighted by Crippen LogP contribution is 2.47. The Hall–Kier alpha value is -3.06. The molecule has 6 nitrogen and oxygen atoms in total. The number of carbonyl (C=O) groups is 1. The summed E-state index contributed by atoms with van der Waals surface area (Å²) in [7, 11) is 0. The minimum Gasteiger partial charge on any atom is -0.448 e. The molecule has 5 rings (SSSR count). The highest BCUT2D eigenvalue weighted by atomic mass is 35.5. The summed E-state index contributed by atoms with van der Waals surface area (Å²) < 4.78 is 31.6. The second kappa shape index (κ2) is 7.02. The number of hydrogen-bond donors (Lipinski definition) is 1. The predicted octanol–water partition coefficient (Wildman–Crippen LogP) is 5.74. The van der Waals surface area contributed by atoms with Crippen LogP contribution in [0.1, 0.15) is 41.8 Å². The van der Waals surface area contributed by atoms with E-state index in [4.69, 9.17) is 25.6 Å².